The highest BCUT2D eigenvalue weighted by molar-refractivity contribution is 7.09. The molecule has 0 N–H and O–H groups in total. The number of rotatable bonds is 3. The summed E-state index contributed by atoms with van der Waals surface area (Å²) in [6.45, 7) is 13.1. The second-order valence-corrected chi connectivity index (χ2v) is 12.2. The molecule has 182 valence electrons. The van der Waals surface area contributed by atoms with E-state index in [2.05, 4.69) is 32.6 Å². The van der Waals surface area contributed by atoms with Crippen molar-refractivity contribution in [3.8, 4) is 0 Å². The lowest BCUT2D eigenvalue weighted by atomic mass is 9.96. The molecule has 1 aromatic rings. The number of thiazole rings is 1. The van der Waals surface area contributed by atoms with Gasteiger partial charge in [0.15, 0.2) is 5.79 Å². The van der Waals surface area contributed by atoms with Crippen molar-refractivity contribution in [3.63, 3.8) is 0 Å². The minimum absolute atomic E-state index is 0.00830. The maximum absolute atomic E-state index is 13.1. The van der Waals surface area contributed by atoms with E-state index in [0.717, 1.165) is 63.4 Å². The Morgan fingerprint density at radius 3 is 2.15 bits per heavy atom. The fourth-order valence-corrected chi connectivity index (χ4v) is 7.00. The topological polar surface area (TPSA) is 72.0 Å². The lowest BCUT2D eigenvalue weighted by Gasteiger charge is -2.43. The molecule has 7 nitrogen and oxygen atoms in total. The average molecular weight is 476 g/mol. The van der Waals surface area contributed by atoms with Crippen molar-refractivity contribution in [2.75, 3.05) is 39.4 Å². The molecule has 1 aromatic heterocycles. The van der Waals surface area contributed by atoms with Crippen molar-refractivity contribution in [2.45, 2.75) is 71.5 Å². The summed E-state index contributed by atoms with van der Waals surface area (Å²) in [4.78, 5) is 34.8. The van der Waals surface area contributed by atoms with Crippen LogP contribution >= 0.6 is 11.3 Å². The number of aromatic nitrogens is 1. The van der Waals surface area contributed by atoms with Crippen LogP contribution in [0.3, 0.4) is 0 Å². The van der Waals surface area contributed by atoms with Crippen LogP contribution in [0.25, 0.3) is 0 Å². The molecule has 0 atom stereocenters. The number of carbonyl (C=O) groups is 2. The van der Waals surface area contributed by atoms with E-state index < -0.39 is 5.79 Å². The van der Waals surface area contributed by atoms with Crippen LogP contribution in [-0.2, 0) is 14.3 Å². The number of likely N-dealkylation sites (tertiary alicyclic amines) is 2. The third-order valence-corrected chi connectivity index (χ3v) is 10.0. The molecule has 4 fully saturated rings. The molecule has 1 saturated carbocycles. The summed E-state index contributed by atoms with van der Waals surface area (Å²) in [5, 5.41) is 2.94. The van der Waals surface area contributed by atoms with Crippen LogP contribution in [0.1, 0.15) is 81.2 Å². The molecule has 33 heavy (non-hydrogen) atoms. The number of ether oxygens (including phenoxy) is 2. The van der Waals surface area contributed by atoms with Crippen molar-refractivity contribution in [1.82, 2.24) is 14.8 Å². The quantitative estimate of drug-likeness (QED) is 0.663. The first-order chi connectivity index (χ1) is 15.6. The second-order valence-electron chi connectivity index (χ2n) is 11.3. The van der Waals surface area contributed by atoms with Crippen LogP contribution in [0.4, 0.5) is 0 Å². The predicted molar refractivity (Wildman–Crippen MR) is 126 cm³/mol. The Hall–Kier alpha value is -1.51. The molecule has 3 saturated heterocycles. The molecule has 3 aliphatic heterocycles. The van der Waals surface area contributed by atoms with Gasteiger partial charge in [0.2, 0.25) is 5.91 Å². The molecule has 4 aliphatic rings. The Bertz CT molecular complexity index is 889. The predicted octanol–water partition coefficient (Wildman–Crippen LogP) is 3.90. The van der Waals surface area contributed by atoms with E-state index in [1.807, 2.05) is 10.3 Å². The number of hydrogen-bond acceptors (Lipinski definition) is 6. The minimum atomic E-state index is -0.488. The van der Waals surface area contributed by atoms with Crippen molar-refractivity contribution in [2.24, 2.45) is 16.7 Å². The average Bonchev–Trinajstić information content (AvgIpc) is 3.14. The van der Waals surface area contributed by atoms with Gasteiger partial charge < -0.3 is 19.3 Å². The molecule has 8 heteroatoms. The van der Waals surface area contributed by atoms with E-state index in [1.165, 1.54) is 0 Å². The van der Waals surface area contributed by atoms with Gasteiger partial charge in [0.05, 0.1) is 18.2 Å². The summed E-state index contributed by atoms with van der Waals surface area (Å²) in [5.74, 6) is 0.285. The molecule has 1 spiro atoms. The summed E-state index contributed by atoms with van der Waals surface area (Å²) >= 11 is 1.59. The largest absolute Gasteiger partial charge is 0.350 e. The molecule has 4 heterocycles. The molecule has 0 unspecified atom stereocenters. The highest BCUT2D eigenvalue weighted by Crippen LogP contribution is 2.68. The lowest BCUT2D eigenvalue weighted by molar-refractivity contribution is -0.281. The van der Waals surface area contributed by atoms with E-state index >= 15 is 0 Å². The van der Waals surface area contributed by atoms with Gasteiger partial charge in [0.1, 0.15) is 5.69 Å². The van der Waals surface area contributed by atoms with Gasteiger partial charge in [-0.05, 0) is 30.1 Å². The second kappa shape index (κ2) is 8.31. The third kappa shape index (κ3) is 4.02. The molecule has 0 bridgehead atoms. The Morgan fingerprint density at radius 1 is 0.970 bits per heavy atom. The smallest absolute Gasteiger partial charge is 0.273 e. The fourth-order valence-electron chi connectivity index (χ4n) is 6.03. The van der Waals surface area contributed by atoms with Gasteiger partial charge in [0, 0.05) is 56.2 Å². The SMILES string of the molecule is CC1(C)C(C(=O)N2CCC(c3nc(C(=O)N4CCC5(CC4)OCCCO5)cs3)CC2)C1(C)C. The van der Waals surface area contributed by atoms with Crippen molar-refractivity contribution in [3.05, 3.63) is 16.1 Å². The number of carbonyl (C=O) groups excluding carboxylic acids is 2. The zero-order valence-corrected chi connectivity index (χ0v) is 21.2. The standard InChI is InChI=1S/C25H37N3O4S/c1-23(2)19(24(23,3)4)22(30)27-10-6-17(7-11-27)20-26-18(16-33-20)21(29)28-12-8-25(9-13-28)31-14-5-15-32-25/h16-17,19H,5-15H2,1-4H3. The van der Waals surface area contributed by atoms with E-state index in [-0.39, 0.29) is 22.7 Å². The van der Waals surface area contributed by atoms with Gasteiger partial charge in [0.25, 0.3) is 5.91 Å². The number of hydrogen-bond donors (Lipinski definition) is 0. The summed E-state index contributed by atoms with van der Waals surface area (Å²) in [5.41, 5.74) is 0.709. The van der Waals surface area contributed by atoms with Gasteiger partial charge in [-0.3, -0.25) is 9.59 Å². The molecular formula is C25H37N3O4S. The third-order valence-electron chi connectivity index (χ3n) is 9.00. The first-order valence-corrected chi connectivity index (χ1v) is 13.3. The van der Waals surface area contributed by atoms with E-state index in [0.29, 0.717) is 30.6 Å². The zero-order valence-electron chi connectivity index (χ0n) is 20.4. The first kappa shape index (κ1) is 23.2. The Kier molecular flexibility index (Phi) is 5.85. The van der Waals surface area contributed by atoms with E-state index in [4.69, 9.17) is 14.5 Å². The van der Waals surface area contributed by atoms with Crippen LogP contribution < -0.4 is 0 Å². The fraction of sp³-hybridized carbons (Fsp3) is 0.800. The maximum atomic E-state index is 13.1. The van der Waals surface area contributed by atoms with Crippen LogP contribution in [0.5, 0.6) is 0 Å². The van der Waals surface area contributed by atoms with Gasteiger partial charge in [-0.1, -0.05) is 27.7 Å². The minimum Gasteiger partial charge on any atom is -0.350 e. The van der Waals surface area contributed by atoms with Crippen LogP contribution in [-0.4, -0.2) is 71.8 Å². The van der Waals surface area contributed by atoms with Crippen molar-refractivity contribution < 1.29 is 19.1 Å². The number of amides is 2. The van der Waals surface area contributed by atoms with Gasteiger partial charge in [-0.15, -0.1) is 11.3 Å². The first-order valence-electron chi connectivity index (χ1n) is 12.5. The monoisotopic (exact) mass is 475 g/mol. The molecule has 5 rings (SSSR count). The van der Waals surface area contributed by atoms with E-state index in [1.54, 1.807) is 11.3 Å². The highest BCUT2D eigenvalue weighted by Gasteiger charge is 2.68. The summed E-state index contributed by atoms with van der Waals surface area (Å²) in [6.07, 6.45) is 4.21. The molecule has 0 aromatic carbocycles. The van der Waals surface area contributed by atoms with Crippen molar-refractivity contribution in [1.29, 1.82) is 0 Å². The van der Waals surface area contributed by atoms with Gasteiger partial charge in [-0.25, -0.2) is 4.98 Å². The lowest BCUT2D eigenvalue weighted by Crippen LogP contribution is -2.51. The van der Waals surface area contributed by atoms with Crippen molar-refractivity contribution >= 4 is 23.2 Å². The summed E-state index contributed by atoms with van der Waals surface area (Å²) in [6, 6.07) is 0. The van der Waals surface area contributed by atoms with E-state index in [9.17, 15) is 9.59 Å². The highest BCUT2D eigenvalue weighted by atomic mass is 32.1. The number of nitrogens with zero attached hydrogens (tertiary/aromatic N) is 3. The van der Waals surface area contributed by atoms with Crippen LogP contribution in [0, 0.1) is 16.7 Å². The van der Waals surface area contributed by atoms with Crippen LogP contribution in [0.15, 0.2) is 5.38 Å². The molecule has 0 radical (unpaired) electrons. The maximum Gasteiger partial charge on any atom is 0.273 e. The summed E-state index contributed by atoms with van der Waals surface area (Å²) in [7, 11) is 0. The molecular weight excluding hydrogens is 438 g/mol. The Morgan fingerprint density at radius 2 is 1.58 bits per heavy atom. The van der Waals surface area contributed by atoms with Gasteiger partial charge in [-0.2, -0.15) is 0 Å². The number of piperidine rings is 2. The normalized spacial score (nSPS) is 27.0. The molecule has 1 aliphatic carbocycles. The zero-order chi connectivity index (χ0) is 23.4. The summed E-state index contributed by atoms with van der Waals surface area (Å²) < 4.78 is 11.8. The Labute approximate surface area is 200 Å². The van der Waals surface area contributed by atoms with Gasteiger partial charge >= 0.3 is 0 Å². The Balaban J connectivity index is 1.14. The van der Waals surface area contributed by atoms with Crippen LogP contribution in [0.2, 0.25) is 0 Å². The molecule has 2 amide bonds.